The molecule has 0 bridgehead atoms. The minimum Gasteiger partial charge on any atom is -0.469 e. The summed E-state index contributed by atoms with van der Waals surface area (Å²) in [5.41, 5.74) is 1.38. The van der Waals surface area contributed by atoms with Crippen molar-refractivity contribution in [3.8, 4) is 0 Å². The average molecular weight is 394 g/mol. The van der Waals surface area contributed by atoms with Gasteiger partial charge in [0.2, 0.25) is 5.91 Å². The molecule has 1 aliphatic heterocycles. The van der Waals surface area contributed by atoms with E-state index < -0.39 is 23.0 Å². The van der Waals surface area contributed by atoms with Crippen molar-refractivity contribution in [2.24, 2.45) is 5.92 Å². The number of rotatable bonds is 4. The lowest BCUT2D eigenvalue weighted by Gasteiger charge is -2.35. The van der Waals surface area contributed by atoms with Crippen LogP contribution in [0, 0.1) is 11.7 Å². The summed E-state index contributed by atoms with van der Waals surface area (Å²) in [6.45, 7) is 1.87. The maximum absolute atomic E-state index is 13.3. The molecule has 0 spiro atoms. The monoisotopic (exact) mass is 393 g/mol. The van der Waals surface area contributed by atoms with Crippen LogP contribution in [-0.4, -0.2) is 24.2 Å². The van der Waals surface area contributed by atoms with Crippen molar-refractivity contribution in [2.45, 2.75) is 23.6 Å². The zero-order chi connectivity index (χ0) is 18.8. The van der Waals surface area contributed by atoms with Crippen LogP contribution in [0.5, 0.6) is 0 Å². The van der Waals surface area contributed by atoms with Gasteiger partial charge in [-0.3, -0.25) is 9.59 Å². The van der Waals surface area contributed by atoms with E-state index >= 15 is 0 Å². The number of benzene rings is 2. The molecule has 0 fully saturated rings. The number of amides is 1. The molecule has 4 nitrogen and oxygen atoms in total. The SMILES string of the molecule is COC(=O)[C@@H](C)[C@H]1Sc2ccccc2N(Cc2ccc(F)cc2Cl)C1=O. The zero-order valence-electron chi connectivity index (χ0n) is 14.2. The van der Waals surface area contributed by atoms with Gasteiger partial charge in [-0.2, -0.15) is 0 Å². The molecule has 0 aromatic heterocycles. The molecular formula is C19H17ClFNO3S. The zero-order valence-corrected chi connectivity index (χ0v) is 15.8. The lowest BCUT2D eigenvalue weighted by molar-refractivity contribution is -0.146. The highest BCUT2D eigenvalue weighted by atomic mass is 35.5. The van der Waals surface area contributed by atoms with Crippen LogP contribution in [0.2, 0.25) is 5.02 Å². The fraction of sp³-hybridized carbons (Fsp3) is 0.263. The van der Waals surface area contributed by atoms with Crippen LogP contribution in [0.25, 0.3) is 0 Å². The molecule has 26 heavy (non-hydrogen) atoms. The number of anilines is 1. The highest BCUT2D eigenvalue weighted by Gasteiger charge is 2.40. The third kappa shape index (κ3) is 3.57. The van der Waals surface area contributed by atoms with E-state index in [1.54, 1.807) is 17.9 Å². The van der Waals surface area contributed by atoms with E-state index in [-0.39, 0.29) is 17.5 Å². The first-order chi connectivity index (χ1) is 12.4. The Balaban J connectivity index is 1.98. The quantitative estimate of drug-likeness (QED) is 0.727. The summed E-state index contributed by atoms with van der Waals surface area (Å²) in [7, 11) is 1.31. The third-order valence-corrected chi connectivity index (χ3v) is 6.10. The van der Waals surface area contributed by atoms with Gasteiger partial charge in [0, 0.05) is 9.92 Å². The second-order valence-corrected chi connectivity index (χ2v) is 7.57. The number of fused-ring (bicyclic) bond motifs is 1. The minimum absolute atomic E-state index is 0.194. The van der Waals surface area contributed by atoms with Gasteiger partial charge in [0.05, 0.1) is 25.3 Å². The molecule has 0 radical (unpaired) electrons. The van der Waals surface area contributed by atoms with Gasteiger partial charge in [0.15, 0.2) is 0 Å². The average Bonchev–Trinajstić information content (AvgIpc) is 2.64. The molecule has 0 saturated carbocycles. The number of halogens is 2. The van der Waals surface area contributed by atoms with E-state index in [9.17, 15) is 14.0 Å². The van der Waals surface area contributed by atoms with Crippen molar-refractivity contribution in [1.29, 1.82) is 0 Å². The van der Waals surface area contributed by atoms with Crippen LogP contribution in [0.1, 0.15) is 12.5 Å². The molecule has 0 N–H and O–H groups in total. The van der Waals surface area contributed by atoms with Gasteiger partial charge < -0.3 is 9.64 Å². The van der Waals surface area contributed by atoms with Crippen LogP contribution in [0.3, 0.4) is 0 Å². The second kappa shape index (κ2) is 7.68. The molecule has 1 aliphatic rings. The number of carbonyl (C=O) groups is 2. The van der Waals surface area contributed by atoms with E-state index in [0.29, 0.717) is 5.56 Å². The van der Waals surface area contributed by atoms with Crippen molar-refractivity contribution in [1.82, 2.24) is 0 Å². The number of methoxy groups -OCH3 is 1. The Morgan fingerprint density at radius 3 is 2.77 bits per heavy atom. The number of nitrogens with zero attached hydrogens (tertiary/aromatic N) is 1. The number of esters is 1. The van der Waals surface area contributed by atoms with Gasteiger partial charge in [-0.1, -0.05) is 36.7 Å². The summed E-state index contributed by atoms with van der Waals surface area (Å²) in [5, 5.41) is -0.345. The number of hydrogen-bond acceptors (Lipinski definition) is 4. The molecule has 1 heterocycles. The number of hydrogen-bond donors (Lipinski definition) is 0. The number of para-hydroxylation sites is 1. The van der Waals surface area contributed by atoms with E-state index in [1.807, 2.05) is 24.3 Å². The lowest BCUT2D eigenvalue weighted by Crippen LogP contribution is -2.45. The maximum atomic E-state index is 13.3. The largest absolute Gasteiger partial charge is 0.469 e. The summed E-state index contributed by atoms with van der Waals surface area (Å²) < 4.78 is 18.1. The molecule has 2 atom stereocenters. The van der Waals surface area contributed by atoms with E-state index in [1.165, 1.54) is 31.0 Å². The molecule has 1 amide bonds. The highest BCUT2D eigenvalue weighted by Crippen LogP contribution is 2.42. The van der Waals surface area contributed by atoms with Gasteiger partial charge >= 0.3 is 5.97 Å². The Morgan fingerprint density at radius 1 is 1.35 bits per heavy atom. The fourth-order valence-corrected chi connectivity index (χ4v) is 4.35. The predicted molar refractivity (Wildman–Crippen MR) is 99.9 cm³/mol. The van der Waals surface area contributed by atoms with Gasteiger partial charge in [0.1, 0.15) is 11.1 Å². The van der Waals surface area contributed by atoms with Gasteiger partial charge in [0.25, 0.3) is 0 Å². The Kier molecular flexibility index (Phi) is 5.53. The first-order valence-electron chi connectivity index (χ1n) is 8.01. The first kappa shape index (κ1) is 18.7. The summed E-state index contributed by atoms with van der Waals surface area (Å²) >= 11 is 7.49. The van der Waals surface area contributed by atoms with Crippen molar-refractivity contribution >= 4 is 40.9 Å². The van der Waals surface area contributed by atoms with E-state index in [2.05, 4.69) is 0 Å². The van der Waals surface area contributed by atoms with Crippen LogP contribution >= 0.6 is 23.4 Å². The van der Waals surface area contributed by atoms with Crippen LogP contribution < -0.4 is 4.90 Å². The van der Waals surface area contributed by atoms with Crippen molar-refractivity contribution in [2.75, 3.05) is 12.0 Å². The van der Waals surface area contributed by atoms with Crippen molar-refractivity contribution in [3.05, 3.63) is 58.9 Å². The van der Waals surface area contributed by atoms with Crippen molar-refractivity contribution < 1.29 is 18.7 Å². The van der Waals surface area contributed by atoms with Crippen LogP contribution in [-0.2, 0) is 20.9 Å². The smallest absolute Gasteiger partial charge is 0.310 e. The summed E-state index contributed by atoms with van der Waals surface area (Å²) in [6, 6.07) is 11.6. The number of thioether (sulfide) groups is 1. The predicted octanol–water partition coefficient (Wildman–Crippen LogP) is 4.30. The molecule has 2 aromatic carbocycles. The lowest BCUT2D eigenvalue weighted by atomic mass is 10.1. The van der Waals surface area contributed by atoms with E-state index in [4.69, 9.17) is 16.3 Å². The Morgan fingerprint density at radius 2 is 2.08 bits per heavy atom. The Bertz CT molecular complexity index is 860. The maximum Gasteiger partial charge on any atom is 0.310 e. The second-order valence-electron chi connectivity index (χ2n) is 5.98. The molecule has 0 saturated heterocycles. The Hall–Kier alpha value is -2.05. The Labute approximate surface area is 160 Å². The van der Waals surface area contributed by atoms with Gasteiger partial charge in [-0.25, -0.2) is 4.39 Å². The first-order valence-corrected chi connectivity index (χ1v) is 9.27. The molecule has 7 heteroatoms. The highest BCUT2D eigenvalue weighted by molar-refractivity contribution is 8.01. The van der Waals surface area contributed by atoms with Crippen molar-refractivity contribution in [3.63, 3.8) is 0 Å². The third-order valence-electron chi connectivity index (χ3n) is 4.29. The standard InChI is InChI=1S/C19H17ClFNO3S/c1-11(19(24)25-2)17-18(23)22(15-5-3-4-6-16(15)26-17)10-12-7-8-13(21)9-14(12)20/h3-9,11,17H,10H2,1-2H3/t11-,17+/m0/s1. The summed E-state index contributed by atoms with van der Waals surface area (Å²) in [4.78, 5) is 27.6. The van der Waals surface area contributed by atoms with Crippen LogP contribution in [0.4, 0.5) is 10.1 Å². The summed E-state index contributed by atoms with van der Waals surface area (Å²) in [5.74, 6) is -1.67. The molecule has 136 valence electrons. The van der Waals surface area contributed by atoms with Gasteiger partial charge in [-0.05, 0) is 29.8 Å². The molecule has 0 unspecified atom stereocenters. The van der Waals surface area contributed by atoms with Crippen LogP contribution in [0.15, 0.2) is 47.4 Å². The number of ether oxygens (including phenoxy) is 1. The molecule has 3 rings (SSSR count). The summed E-state index contributed by atoms with van der Waals surface area (Å²) in [6.07, 6.45) is 0. The van der Waals surface area contributed by atoms with Gasteiger partial charge in [-0.15, -0.1) is 11.8 Å². The molecular weight excluding hydrogens is 377 g/mol. The number of carbonyl (C=O) groups excluding carboxylic acids is 2. The minimum atomic E-state index is -0.600. The normalized spacial score (nSPS) is 17.6. The molecule has 2 aromatic rings. The topological polar surface area (TPSA) is 46.6 Å². The molecule has 0 aliphatic carbocycles. The van der Waals surface area contributed by atoms with E-state index in [0.717, 1.165) is 10.6 Å². The fourth-order valence-electron chi connectivity index (χ4n) is 2.85.